The maximum atomic E-state index is 13.0. The van der Waals surface area contributed by atoms with E-state index in [-0.39, 0.29) is 27.1 Å². The zero-order valence-corrected chi connectivity index (χ0v) is 19.8. The van der Waals surface area contributed by atoms with Gasteiger partial charge >= 0.3 is 5.97 Å². The third kappa shape index (κ3) is 7.02. The minimum atomic E-state index is -4.21. The minimum Gasteiger partial charge on any atom is -0.481 e. The van der Waals surface area contributed by atoms with Crippen molar-refractivity contribution in [2.24, 2.45) is 16.5 Å². The molecule has 1 atom stereocenters. The molecule has 0 saturated heterocycles. The molecular formula is C22H23N5O6S2. The van der Waals surface area contributed by atoms with Gasteiger partial charge in [-0.2, -0.15) is 0 Å². The average Bonchev–Trinajstić information content (AvgIpc) is 2.78. The van der Waals surface area contributed by atoms with E-state index in [9.17, 15) is 26.7 Å². The number of rotatable bonds is 10. The number of nitrogens with two attached hydrogens (primary N) is 2. The molecule has 1 unspecified atom stereocenters. The van der Waals surface area contributed by atoms with Gasteiger partial charge in [0, 0.05) is 0 Å². The number of carboxylic acid groups (broad SMARTS) is 1. The van der Waals surface area contributed by atoms with Gasteiger partial charge in [-0.15, -0.1) is 0 Å². The number of nitrogens with one attached hydrogen (secondary N) is 2. The van der Waals surface area contributed by atoms with Crippen LogP contribution in [0.2, 0.25) is 0 Å². The zero-order chi connectivity index (χ0) is 25.6. The first-order chi connectivity index (χ1) is 16.5. The Morgan fingerprint density at radius 3 is 2.11 bits per heavy atom. The fourth-order valence-corrected chi connectivity index (χ4v) is 5.51. The van der Waals surface area contributed by atoms with Crippen LogP contribution in [0.1, 0.15) is 18.0 Å². The van der Waals surface area contributed by atoms with Crippen molar-refractivity contribution >= 4 is 43.4 Å². The van der Waals surface area contributed by atoms with Crippen LogP contribution in [0.25, 0.3) is 0 Å². The fourth-order valence-electron chi connectivity index (χ4n) is 3.15. The first kappa shape index (κ1) is 25.7. The number of carboxylic acids is 1. The van der Waals surface area contributed by atoms with E-state index in [1.165, 1.54) is 42.5 Å². The Hall–Kier alpha value is -3.94. The molecule has 184 valence electrons. The summed E-state index contributed by atoms with van der Waals surface area (Å²) in [5.41, 5.74) is 11.3. The molecule has 0 amide bonds. The molecule has 0 aliphatic heterocycles. The molecule has 3 aromatic carbocycles. The topological polar surface area (TPSA) is 194 Å². The van der Waals surface area contributed by atoms with Crippen molar-refractivity contribution in [1.82, 2.24) is 4.72 Å². The average molecular weight is 518 g/mol. The monoisotopic (exact) mass is 517 g/mol. The molecule has 11 nitrogen and oxygen atoms in total. The summed E-state index contributed by atoms with van der Waals surface area (Å²) >= 11 is 0. The number of nitrogens with zero attached hydrogens (tertiary/aromatic N) is 1. The largest absolute Gasteiger partial charge is 0.481 e. The highest BCUT2D eigenvalue weighted by atomic mass is 32.2. The lowest BCUT2D eigenvalue weighted by Crippen LogP contribution is -2.30. The predicted octanol–water partition coefficient (Wildman–Crippen LogP) is 1.89. The standard InChI is InChI=1S/C22H23N5O6S2/c23-22(24)25-16-8-4-10-18(12-16)34(30,31)26-17-9-5-11-19(13-17)35(32,33)27-20(14-21(28)29)15-6-2-1-3-7-15/h1-13,20,26-27H,14H2,(H,28,29)(H4,23,24,25). The summed E-state index contributed by atoms with van der Waals surface area (Å²) < 4.78 is 56.4. The molecule has 0 radical (unpaired) electrons. The van der Waals surface area contributed by atoms with Crippen molar-refractivity contribution in [3.63, 3.8) is 0 Å². The third-order valence-corrected chi connectivity index (χ3v) is 7.51. The Kier molecular flexibility index (Phi) is 7.74. The summed E-state index contributed by atoms with van der Waals surface area (Å²) in [6.45, 7) is 0. The quantitative estimate of drug-likeness (QED) is 0.199. The highest BCUT2D eigenvalue weighted by molar-refractivity contribution is 7.92. The lowest BCUT2D eigenvalue weighted by molar-refractivity contribution is -0.137. The lowest BCUT2D eigenvalue weighted by Gasteiger charge is -2.18. The molecule has 0 saturated carbocycles. The summed E-state index contributed by atoms with van der Waals surface area (Å²) in [7, 11) is -8.32. The van der Waals surface area contributed by atoms with Crippen LogP contribution in [0, 0.1) is 0 Å². The van der Waals surface area contributed by atoms with E-state index in [0.717, 1.165) is 6.07 Å². The Morgan fingerprint density at radius 1 is 0.857 bits per heavy atom. The molecule has 0 aromatic heterocycles. The molecule has 7 N–H and O–H groups in total. The van der Waals surface area contributed by atoms with Gasteiger partial charge in [0.2, 0.25) is 10.0 Å². The van der Waals surface area contributed by atoms with Crippen LogP contribution in [-0.2, 0) is 24.8 Å². The molecule has 0 aliphatic rings. The van der Waals surface area contributed by atoms with Crippen LogP contribution in [-0.4, -0.2) is 33.9 Å². The third-order valence-electron chi connectivity index (χ3n) is 4.66. The maximum Gasteiger partial charge on any atom is 0.305 e. The predicted molar refractivity (Wildman–Crippen MR) is 131 cm³/mol. The van der Waals surface area contributed by atoms with Crippen molar-refractivity contribution in [3.8, 4) is 0 Å². The maximum absolute atomic E-state index is 13.0. The van der Waals surface area contributed by atoms with Gasteiger partial charge in [0.15, 0.2) is 5.96 Å². The number of benzene rings is 3. The molecule has 0 aliphatic carbocycles. The van der Waals surface area contributed by atoms with E-state index in [2.05, 4.69) is 14.4 Å². The fraction of sp³-hybridized carbons (Fsp3) is 0.0909. The number of guanidine groups is 1. The van der Waals surface area contributed by atoms with E-state index in [0.29, 0.717) is 5.56 Å². The van der Waals surface area contributed by atoms with Crippen LogP contribution >= 0.6 is 0 Å². The highest BCUT2D eigenvalue weighted by Crippen LogP contribution is 2.24. The van der Waals surface area contributed by atoms with Crippen LogP contribution in [0.4, 0.5) is 11.4 Å². The van der Waals surface area contributed by atoms with Gasteiger partial charge in [-0.1, -0.05) is 42.5 Å². The number of anilines is 1. The Balaban J connectivity index is 1.87. The number of aliphatic carboxylic acids is 1. The number of hydrogen-bond acceptors (Lipinski definition) is 6. The van der Waals surface area contributed by atoms with Crippen molar-refractivity contribution < 1.29 is 26.7 Å². The first-order valence-electron chi connectivity index (χ1n) is 10.1. The van der Waals surface area contributed by atoms with Gasteiger partial charge in [-0.05, 0) is 42.0 Å². The normalized spacial score (nSPS) is 12.5. The first-order valence-corrected chi connectivity index (χ1v) is 13.0. The lowest BCUT2D eigenvalue weighted by atomic mass is 10.1. The van der Waals surface area contributed by atoms with E-state index < -0.39 is 38.5 Å². The van der Waals surface area contributed by atoms with E-state index in [1.807, 2.05) is 0 Å². The Labute approximate surface area is 202 Å². The van der Waals surface area contributed by atoms with E-state index >= 15 is 0 Å². The second-order valence-corrected chi connectivity index (χ2v) is 10.7. The van der Waals surface area contributed by atoms with E-state index in [1.54, 1.807) is 30.3 Å². The van der Waals surface area contributed by atoms with Crippen LogP contribution in [0.15, 0.2) is 93.6 Å². The molecule has 0 heterocycles. The SMILES string of the molecule is NC(N)=Nc1cccc(S(=O)(=O)Nc2cccc(S(=O)(=O)NC(CC(=O)O)c3ccccc3)c2)c1. The molecule has 0 spiro atoms. The second kappa shape index (κ2) is 10.5. The Bertz CT molecular complexity index is 1450. The zero-order valence-electron chi connectivity index (χ0n) is 18.2. The van der Waals surface area contributed by atoms with Crippen molar-refractivity contribution in [3.05, 3.63) is 84.4 Å². The smallest absolute Gasteiger partial charge is 0.305 e. The highest BCUT2D eigenvalue weighted by Gasteiger charge is 2.24. The molecular weight excluding hydrogens is 494 g/mol. The molecule has 3 rings (SSSR count). The number of carbonyl (C=O) groups is 1. The minimum absolute atomic E-state index is 0.0189. The van der Waals surface area contributed by atoms with Crippen molar-refractivity contribution in [2.75, 3.05) is 4.72 Å². The van der Waals surface area contributed by atoms with Gasteiger partial charge in [0.25, 0.3) is 10.0 Å². The van der Waals surface area contributed by atoms with Crippen molar-refractivity contribution in [1.29, 1.82) is 0 Å². The van der Waals surface area contributed by atoms with Gasteiger partial charge in [-0.3, -0.25) is 9.52 Å². The summed E-state index contributed by atoms with van der Waals surface area (Å²) in [4.78, 5) is 14.7. The summed E-state index contributed by atoms with van der Waals surface area (Å²) in [6, 6.07) is 17.9. The number of hydrogen-bond donors (Lipinski definition) is 5. The molecule has 35 heavy (non-hydrogen) atoms. The van der Waals surface area contributed by atoms with Gasteiger partial charge in [0.05, 0.1) is 33.6 Å². The van der Waals surface area contributed by atoms with Crippen molar-refractivity contribution in [2.45, 2.75) is 22.3 Å². The molecule has 0 bridgehead atoms. The summed E-state index contributed by atoms with van der Waals surface area (Å²) in [5.74, 6) is -1.43. The summed E-state index contributed by atoms with van der Waals surface area (Å²) in [6.07, 6.45) is -0.484. The van der Waals surface area contributed by atoms with E-state index in [4.69, 9.17) is 11.5 Å². The van der Waals surface area contributed by atoms with Gasteiger partial charge in [-0.25, -0.2) is 26.6 Å². The van der Waals surface area contributed by atoms with Gasteiger partial charge in [0.1, 0.15) is 0 Å². The summed E-state index contributed by atoms with van der Waals surface area (Å²) in [5, 5.41) is 9.23. The van der Waals surface area contributed by atoms with Crippen LogP contribution in [0.3, 0.4) is 0 Å². The second-order valence-electron chi connectivity index (χ2n) is 7.35. The number of sulfonamides is 2. The molecule has 0 fully saturated rings. The molecule has 3 aromatic rings. The Morgan fingerprint density at radius 2 is 1.49 bits per heavy atom. The number of aliphatic imine (C=N–C) groups is 1. The van der Waals surface area contributed by atoms with Crippen LogP contribution < -0.4 is 20.9 Å². The van der Waals surface area contributed by atoms with Gasteiger partial charge < -0.3 is 16.6 Å². The molecule has 13 heteroatoms. The van der Waals surface area contributed by atoms with Crippen LogP contribution in [0.5, 0.6) is 0 Å².